The van der Waals surface area contributed by atoms with Gasteiger partial charge >= 0.3 is 5.97 Å². The molecule has 0 saturated carbocycles. The highest BCUT2D eigenvalue weighted by atomic mass is 16.6. The van der Waals surface area contributed by atoms with Crippen molar-refractivity contribution < 1.29 is 33.8 Å². The maximum atomic E-state index is 12.3. The third kappa shape index (κ3) is 5.52. The number of nitrogens with one attached hydrogen (secondary N) is 1. The highest BCUT2D eigenvalue weighted by Crippen LogP contribution is 2.19. The maximum absolute atomic E-state index is 12.3. The number of carbonyl (C=O) groups is 4. The molecule has 13 heteroatoms. The molecule has 0 aliphatic carbocycles. The van der Waals surface area contributed by atoms with E-state index in [1.165, 1.54) is 30.3 Å². The van der Waals surface area contributed by atoms with Crippen molar-refractivity contribution in [2.24, 2.45) is 5.92 Å². The van der Waals surface area contributed by atoms with E-state index in [2.05, 4.69) is 5.43 Å². The second-order valence-electron chi connectivity index (χ2n) is 6.99. The molecule has 0 bridgehead atoms. The molecule has 0 aromatic heterocycles. The van der Waals surface area contributed by atoms with E-state index in [0.717, 1.165) is 23.2 Å². The number of hydrogen-bond acceptors (Lipinski definition) is 9. The van der Waals surface area contributed by atoms with Gasteiger partial charge in [0.05, 0.1) is 22.3 Å². The lowest BCUT2D eigenvalue weighted by molar-refractivity contribution is -0.385. The Balaban J connectivity index is 1.53. The number of Topliss-reactive ketones (excluding diaryl/α,β-unsaturated/α-hetero) is 1. The van der Waals surface area contributed by atoms with Gasteiger partial charge in [0.2, 0.25) is 11.7 Å². The summed E-state index contributed by atoms with van der Waals surface area (Å²) in [5.74, 6) is -3.69. The van der Waals surface area contributed by atoms with Crippen molar-refractivity contribution >= 4 is 34.9 Å². The second-order valence-corrected chi connectivity index (χ2v) is 6.99. The number of nitrogens with zero attached hydrogens (tertiary/aromatic N) is 3. The van der Waals surface area contributed by atoms with Crippen molar-refractivity contribution in [2.75, 3.05) is 13.2 Å². The number of carbonyl (C=O) groups excluding carboxylic acids is 4. The molecule has 2 aromatic carbocycles. The first-order valence-corrected chi connectivity index (χ1v) is 9.46. The van der Waals surface area contributed by atoms with Crippen LogP contribution in [0.2, 0.25) is 0 Å². The van der Waals surface area contributed by atoms with Gasteiger partial charge in [-0.1, -0.05) is 12.1 Å². The van der Waals surface area contributed by atoms with Gasteiger partial charge in [-0.2, -0.15) is 0 Å². The molecule has 0 unspecified atom stereocenters. The molecule has 33 heavy (non-hydrogen) atoms. The summed E-state index contributed by atoms with van der Waals surface area (Å²) in [5.41, 5.74) is 1.90. The number of amides is 2. The smallest absolute Gasteiger partial charge is 0.311 e. The number of hydrogen-bond donors (Lipinski definition) is 1. The second kappa shape index (κ2) is 9.64. The molecule has 170 valence electrons. The number of non-ortho nitro benzene ring substituents is 2. The highest BCUT2D eigenvalue weighted by molar-refractivity contribution is 5.99. The minimum atomic E-state index is -0.937. The van der Waals surface area contributed by atoms with E-state index in [-0.39, 0.29) is 35.5 Å². The summed E-state index contributed by atoms with van der Waals surface area (Å²) in [6, 6.07) is 9.67. The van der Waals surface area contributed by atoms with Gasteiger partial charge in [-0.3, -0.25) is 49.8 Å². The molecule has 1 saturated heterocycles. The molecule has 2 aromatic rings. The van der Waals surface area contributed by atoms with E-state index >= 15 is 0 Å². The van der Waals surface area contributed by atoms with Gasteiger partial charge in [-0.15, -0.1) is 0 Å². The first-order valence-electron chi connectivity index (χ1n) is 9.46. The van der Waals surface area contributed by atoms with Crippen LogP contribution >= 0.6 is 0 Å². The molecule has 1 fully saturated rings. The molecular formula is C20H16N4O9. The highest BCUT2D eigenvalue weighted by Gasteiger charge is 2.36. The number of ether oxygens (including phenoxy) is 1. The minimum Gasteiger partial charge on any atom is -0.457 e. The van der Waals surface area contributed by atoms with Crippen LogP contribution < -0.4 is 5.43 Å². The van der Waals surface area contributed by atoms with Crippen molar-refractivity contribution in [3.63, 3.8) is 0 Å². The zero-order valence-corrected chi connectivity index (χ0v) is 16.8. The molecule has 1 N–H and O–H groups in total. The lowest BCUT2D eigenvalue weighted by Gasteiger charge is -2.17. The van der Waals surface area contributed by atoms with Crippen molar-refractivity contribution in [1.29, 1.82) is 0 Å². The van der Waals surface area contributed by atoms with Crippen LogP contribution in [0, 0.1) is 26.1 Å². The van der Waals surface area contributed by atoms with Gasteiger partial charge in [0, 0.05) is 41.8 Å². The summed E-state index contributed by atoms with van der Waals surface area (Å²) in [6.45, 7) is -0.860. The Morgan fingerprint density at radius 2 is 1.67 bits per heavy atom. The first-order chi connectivity index (χ1) is 15.7. The Hall–Kier alpha value is -4.68. The van der Waals surface area contributed by atoms with E-state index in [9.17, 15) is 39.4 Å². The Morgan fingerprint density at radius 3 is 2.30 bits per heavy atom. The number of benzene rings is 2. The Bertz CT molecular complexity index is 1150. The van der Waals surface area contributed by atoms with E-state index in [1.54, 1.807) is 0 Å². The summed E-state index contributed by atoms with van der Waals surface area (Å²) >= 11 is 0. The minimum absolute atomic E-state index is 0.00325. The molecule has 0 radical (unpaired) electrons. The predicted octanol–water partition coefficient (Wildman–Crippen LogP) is 1.42. The largest absolute Gasteiger partial charge is 0.457 e. The summed E-state index contributed by atoms with van der Waals surface area (Å²) in [5, 5.41) is 22.4. The van der Waals surface area contributed by atoms with Gasteiger partial charge in [0.25, 0.3) is 17.3 Å². The van der Waals surface area contributed by atoms with E-state index in [4.69, 9.17) is 4.74 Å². The van der Waals surface area contributed by atoms with Crippen LogP contribution in [0.1, 0.15) is 27.1 Å². The SMILES string of the molecule is O=C(COC(=O)[C@H]1CC(=O)N(NC(=O)c2ccc([N+](=O)[O-])cc2)C1)c1cccc([N+](=O)[O-])c1. The topological polar surface area (TPSA) is 179 Å². The maximum Gasteiger partial charge on any atom is 0.311 e. The lowest BCUT2D eigenvalue weighted by atomic mass is 10.1. The molecule has 0 spiro atoms. The van der Waals surface area contributed by atoms with Crippen molar-refractivity contribution in [2.45, 2.75) is 6.42 Å². The Morgan fingerprint density at radius 1 is 1.00 bits per heavy atom. The third-order valence-electron chi connectivity index (χ3n) is 4.76. The lowest BCUT2D eigenvalue weighted by Crippen LogP contribution is -2.43. The van der Waals surface area contributed by atoms with Gasteiger partial charge < -0.3 is 4.74 Å². The molecular weight excluding hydrogens is 440 g/mol. The fourth-order valence-corrected chi connectivity index (χ4v) is 3.03. The molecule has 3 rings (SSSR count). The average molecular weight is 456 g/mol. The predicted molar refractivity (Wildman–Crippen MR) is 109 cm³/mol. The number of nitro benzene ring substituents is 2. The summed E-state index contributed by atoms with van der Waals surface area (Å²) in [6.07, 6.45) is -0.260. The van der Waals surface area contributed by atoms with Crippen LogP contribution in [0.15, 0.2) is 48.5 Å². The average Bonchev–Trinajstić information content (AvgIpc) is 3.17. The van der Waals surface area contributed by atoms with Crippen LogP contribution in [0.5, 0.6) is 0 Å². The molecule has 2 amide bonds. The van der Waals surface area contributed by atoms with Crippen molar-refractivity contribution in [1.82, 2.24) is 10.4 Å². The van der Waals surface area contributed by atoms with Gasteiger partial charge in [-0.05, 0) is 12.1 Å². The third-order valence-corrected chi connectivity index (χ3v) is 4.76. The number of rotatable bonds is 8. The van der Waals surface area contributed by atoms with Crippen molar-refractivity contribution in [3.05, 3.63) is 79.9 Å². The zero-order valence-electron chi connectivity index (χ0n) is 16.8. The number of nitro groups is 2. The first kappa shape index (κ1) is 23.0. The number of hydrazine groups is 1. The monoisotopic (exact) mass is 456 g/mol. The fourth-order valence-electron chi connectivity index (χ4n) is 3.03. The standard InChI is InChI=1S/C20H16N4O9/c25-17(13-2-1-3-16(8-13)24(31)32)11-33-20(28)14-9-18(26)22(10-14)21-19(27)12-4-6-15(7-5-12)23(29)30/h1-8,14H,9-11H2,(H,21,27)/t14-/m0/s1. The summed E-state index contributed by atoms with van der Waals surface area (Å²) < 4.78 is 4.95. The van der Waals surface area contributed by atoms with Crippen LogP contribution in [0.4, 0.5) is 11.4 Å². The molecule has 1 aliphatic heterocycles. The zero-order chi connectivity index (χ0) is 24.1. The van der Waals surface area contributed by atoms with E-state index in [1.807, 2.05) is 0 Å². The number of esters is 1. The number of ketones is 1. The van der Waals surface area contributed by atoms with Crippen LogP contribution in [-0.2, 0) is 14.3 Å². The van der Waals surface area contributed by atoms with Crippen LogP contribution in [0.25, 0.3) is 0 Å². The molecule has 13 nitrogen and oxygen atoms in total. The normalized spacial score (nSPS) is 15.1. The van der Waals surface area contributed by atoms with Crippen LogP contribution in [-0.4, -0.2) is 51.6 Å². The summed E-state index contributed by atoms with van der Waals surface area (Å²) in [7, 11) is 0. The Labute approximate surface area is 185 Å². The van der Waals surface area contributed by atoms with Crippen molar-refractivity contribution in [3.8, 4) is 0 Å². The van der Waals surface area contributed by atoms with E-state index < -0.39 is 45.9 Å². The Kier molecular flexibility index (Phi) is 6.71. The van der Waals surface area contributed by atoms with Gasteiger partial charge in [0.15, 0.2) is 6.61 Å². The molecule has 1 atom stereocenters. The fraction of sp³-hybridized carbons (Fsp3) is 0.200. The van der Waals surface area contributed by atoms with E-state index in [0.29, 0.717) is 0 Å². The molecule has 1 aliphatic rings. The van der Waals surface area contributed by atoms with Gasteiger partial charge in [0.1, 0.15) is 0 Å². The van der Waals surface area contributed by atoms with Gasteiger partial charge in [-0.25, -0.2) is 0 Å². The summed E-state index contributed by atoms with van der Waals surface area (Å²) in [4.78, 5) is 69.0. The van der Waals surface area contributed by atoms with Crippen LogP contribution in [0.3, 0.4) is 0 Å². The molecule has 1 heterocycles. The quantitative estimate of drug-likeness (QED) is 0.266.